The standard InChI is InChI=1S/C22H27N7O/c1-5-28-11-9-16(3)29(22(30)25-18-13-24-27(4)14-18)21-20(28)7-6-19(26-21)17-8-10-23-15(2)12-17/h6-8,10,12-14,16H,5,9,11H2,1-4H3,(H,25,30)/t16-/m1/s1. The van der Waals surface area contributed by atoms with Crippen LogP contribution in [0.5, 0.6) is 0 Å². The number of amides is 2. The molecule has 1 atom stereocenters. The summed E-state index contributed by atoms with van der Waals surface area (Å²) in [5.41, 5.74) is 4.37. The highest BCUT2D eigenvalue weighted by Gasteiger charge is 2.31. The van der Waals surface area contributed by atoms with Crippen LogP contribution in [0.25, 0.3) is 11.3 Å². The molecule has 0 spiro atoms. The Hall–Kier alpha value is -3.42. The number of aromatic nitrogens is 4. The minimum atomic E-state index is -0.203. The van der Waals surface area contributed by atoms with Crippen molar-refractivity contribution in [3.05, 3.63) is 48.5 Å². The topological polar surface area (TPSA) is 79.2 Å². The van der Waals surface area contributed by atoms with Crippen LogP contribution >= 0.6 is 0 Å². The predicted molar refractivity (Wildman–Crippen MR) is 119 cm³/mol. The number of fused-ring (bicyclic) bond motifs is 1. The van der Waals surface area contributed by atoms with Crippen molar-refractivity contribution in [3.8, 4) is 11.3 Å². The van der Waals surface area contributed by atoms with Gasteiger partial charge in [0.1, 0.15) is 0 Å². The molecule has 156 valence electrons. The van der Waals surface area contributed by atoms with Gasteiger partial charge in [-0.25, -0.2) is 9.78 Å². The van der Waals surface area contributed by atoms with Gasteiger partial charge < -0.3 is 10.2 Å². The molecule has 0 radical (unpaired) electrons. The minimum Gasteiger partial charge on any atom is -0.369 e. The lowest BCUT2D eigenvalue weighted by molar-refractivity contribution is 0.255. The smallest absolute Gasteiger partial charge is 0.327 e. The Bertz CT molecular complexity index is 1060. The first-order chi connectivity index (χ1) is 14.5. The van der Waals surface area contributed by atoms with Gasteiger partial charge in [-0.3, -0.25) is 14.6 Å². The monoisotopic (exact) mass is 405 g/mol. The number of anilines is 3. The Labute approximate surface area is 176 Å². The van der Waals surface area contributed by atoms with Gasteiger partial charge in [0.15, 0.2) is 5.82 Å². The number of carbonyl (C=O) groups is 1. The second kappa shape index (κ2) is 8.14. The van der Waals surface area contributed by atoms with E-state index < -0.39 is 0 Å². The van der Waals surface area contributed by atoms with Crippen LogP contribution in [0.2, 0.25) is 0 Å². The van der Waals surface area contributed by atoms with Crippen LogP contribution in [0.1, 0.15) is 26.0 Å². The molecule has 0 aliphatic carbocycles. The van der Waals surface area contributed by atoms with Crippen molar-refractivity contribution < 1.29 is 4.79 Å². The molecule has 0 fully saturated rings. The number of aryl methyl sites for hydroxylation is 2. The van der Waals surface area contributed by atoms with E-state index in [-0.39, 0.29) is 12.1 Å². The van der Waals surface area contributed by atoms with Crippen LogP contribution in [0.4, 0.5) is 22.0 Å². The zero-order valence-electron chi connectivity index (χ0n) is 17.8. The molecule has 0 saturated heterocycles. The molecule has 0 bridgehead atoms. The van der Waals surface area contributed by atoms with Crippen molar-refractivity contribution in [1.29, 1.82) is 0 Å². The van der Waals surface area contributed by atoms with Gasteiger partial charge in [-0.05, 0) is 51.5 Å². The van der Waals surface area contributed by atoms with E-state index in [2.05, 4.69) is 40.2 Å². The van der Waals surface area contributed by atoms with Crippen molar-refractivity contribution >= 4 is 23.2 Å². The second-order valence-corrected chi connectivity index (χ2v) is 7.65. The molecular weight excluding hydrogens is 378 g/mol. The normalized spacial score (nSPS) is 16.2. The summed E-state index contributed by atoms with van der Waals surface area (Å²) in [7, 11) is 1.82. The molecule has 30 heavy (non-hydrogen) atoms. The molecule has 0 unspecified atom stereocenters. The number of rotatable bonds is 3. The highest BCUT2D eigenvalue weighted by molar-refractivity contribution is 6.03. The predicted octanol–water partition coefficient (Wildman–Crippen LogP) is 3.84. The molecule has 1 N–H and O–H groups in total. The van der Waals surface area contributed by atoms with E-state index in [0.717, 1.165) is 42.1 Å². The van der Waals surface area contributed by atoms with Gasteiger partial charge in [-0.1, -0.05) is 0 Å². The Morgan fingerprint density at radius 1 is 1.30 bits per heavy atom. The van der Waals surface area contributed by atoms with Crippen LogP contribution in [0.15, 0.2) is 42.9 Å². The Morgan fingerprint density at radius 3 is 2.83 bits per heavy atom. The lowest BCUT2D eigenvalue weighted by atomic mass is 10.1. The van der Waals surface area contributed by atoms with E-state index in [1.54, 1.807) is 28.2 Å². The van der Waals surface area contributed by atoms with Gasteiger partial charge in [-0.2, -0.15) is 5.10 Å². The van der Waals surface area contributed by atoms with Crippen molar-refractivity contribution in [2.24, 2.45) is 7.05 Å². The molecule has 0 saturated carbocycles. The van der Waals surface area contributed by atoms with E-state index >= 15 is 0 Å². The lowest BCUT2D eigenvalue weighted by Crippen LogP contribution is -2.42. The molecule has 2 amide bonds. The maximum absolute atomic E-state index is 13.3. The van der Waals surface area contributed by atoms with Gasteiger partial charge in [0.05, 0.1) is 23.3 Å². The summed E-state index contributed by atoms with van der Waals surface area (Å²) in [6, 6.07) is 7.83. The molecule has 3 aromatic heterocycles. The fourth-order valence-electron chi connectivity index (χ4n) is 3.83. The molecule has 4 rings (SSSR count). The van der Waals surface area contributed by atoms with E-state index in [9.17, 15) is 4.79 Å². The van der Waals surface area contributed by atoms with Gasteiger partial charge in [0.2, 0.25) is 0 Å². The van der Waals surface area contributed by atoms with Gasteiger partial charge in [-0.15, -0.1) is 0 Å². The summed E-state index contributed by atoms with van der Waals surface area (Å²) in [5.74, 6) is 0.676. The van der Waals surface area contributed by atoms with Gasteiger partial charge >= 0.3 is 6.03 Å². The summed E-state index contributed by atoms with van der Waals surface area (Å²) in [5, 5.41) is 7.11. The van der Waals surface area contributed by atoms with Gasteiger partial charge in [0.25, 0.3) is 0 Å². The number of urea groups is 1. The molecule has 4 heterocycles. The van der Waals surface area contributed by atoms with E-state index in [4.69, 9.17) is 4.98 Å². The van der Waals surface area contributed by atoms with Crippen molar-refractivity contribution in [3.63, 3.8) is 0 Å². The fraction of sp³-hybridized carbons (Fsp3) is 0.364. The lowest BCUT2D eigenvalue weighted by Gasteiger charge is -2.28. The first-order valence-electron chi connectivity index (χ1n) is 10.2. The summed E-state index contributed by atoms with van der Waals surface area (Å²) in [6.07, 6.45) is 6.06. The molecule has 8 nitrogen and oxygen atoms in total. The molecule has 8 heteroatoms. The second-order valence-electron chi connectivity index (χ2n) is 7.65. The molecule has 3 aromatic rings. The van der Waals surface area contributed by atoms with E-state index in [0.29, 0.717) is 11.5 Å². The Balaban J connectivity index is 1.78. The van der Waals surface area contributed by atoms with Crippen LogP contribution in [0, 0.1) is 6.92 Å². The highest BCUT2D eigenvalue weighted by Crippen LogP contribution is 2.35. The maximum Gasteiger partial charge on any atom is 0.327 e. The zero-order valence-corrected chi connectivity index (χ0v) is 17.8. The molecule has 0 aromatic carbocycles. The van der Waals surface area contributed by atoms with Crippen LogP contribution in [-0.4, -0.2) is 44.9 Å². The third-order valence-electron chi connectivity index (χ3n) is 5.43. The highest BCUT2D eigenvalue weighted by atomic mass is 16.2. The van der Waals surface area contributed by atoms with E-state index in [1.165, 1.54) is 0 Å². The average molecular weight is 406 g/mol. The van der Waals surface area contributed by atoms with Crippen LogP contribution in [0.3, 0.4) is 0 Å². The number of nitrogens with one attached hydrogen (secondary N) is 1. The number of hydrogen-bond donors (Lipinski definition) is 1. The number of pyridine rings is 2. The summed E-state index contributed by atoms with van der Waals surface area (Å²) in [6.45, 7) is 7.88. The largest absolute Gasteiger partial charge is 0.369 e. The maximum atomic E-state index is 13.3. The zero-order chi connectivity index (χ0) is 21.3. The van der Waals surface area contributed by atoms with Crippen molar-refractivity contribution in [1.82, 2.24) is 19.7 Å². The first kappa shape index (κ1) is 19.9. The fourth-order valence-corrected chi connectivity index (χ4v) is 3.83. The SMILES string of the molecule is CCN1CC[C@@H](C)N(C(=O)Nc2cnn(C)c2)c2nc(-c3ccnc(C)c3)ccc21. The number of nitrogens with zero attached hydrogens (tertiary/aromatic N) is 6. The minimum absolute atomic E-state index is 0.00102. The third-order valence-corrected chi connectivity index (χ3v) is 5.43. The Kier molecular flexibility index (Phi) is 5.39. The first-order valence-corrected chi connectivity index (χ1v) is 10.2. The van der Waals surface area contributed by atoms with Crippen LogP contribution < -0.4 is 15.1 Å². The number of hydrogen-bond acceptors (Lipinski definition) is 5. The van der Waals surface area contributed by atoms with Gasteiger partial charge in [0, 0.05) is 49.8 Å². The molecular formula is C22H27N7O. The van der Waals surface area contributed by atoms with Crippen LogP contribution in [-0.2, 0) is 7.05 Å². The molecule has 1 aliphatic heterocycles. The third kappa shape index (κ3) is 3.85. The summed E-state index contributed by atoms with van der Waals surface area (Å²) in [4.78, 5) is 26.6. The summed E-state index contributed by atoms with van der Waals surface area (Å²) >= 11 is 0. The summed E-state index contributed by atoms with van der Waals surface area (Å²) < 4.78 is 1.66. The average Bonchev–Trinajstić information content (AvgIpc) is 3.07. The molecule has 1 aliphatic rings. The number of carbonyl (C=O) groups excluding carboxylic acids is 1. The van der Waals surface area contributed by atoms with Crippen molar-refractivity contribution in [2.45, 2.75) is 33.2 Å². The Morgan fingerprint density at radius 2 is 2.13 bits per heavy atom. The van der Waals surface area contributed by atoms with Crippen molar-refractivity contribution in [2.75, 3.05) is 28.2 Å². The quantitative estimate of drug-likeness (QED) is 0.716. The van der Waals surface area contributed by atoms with E-state index in [1.807, 2.05) is 32.2 Å².